The molecule has 3 heterocycles. The van der Waals surface area contributed by atoms with E-state index in [0.717, 1.165) is 65.9 Å². The smallest absolute Gasteiger partial charge is 0.165 e. The molecule has 0 aliphatic heterocycles. The van der Waals surface area contributed by atoms with E-state index in [2.05, 4.69) is 146 Å². The summed E-state index contributed by atoms with van der Waals surface area (Å²) in [5.74, 6) is 1.95. The highest BCUT2D eigenvalue weighted by Crippen LogP contribution is 2.41. The van der Waals surface area contributed by atoms with Crippen LogP contribution in [0.15, 0.2) is 168 Å². The SMILES string of the molecule is c1ccc2cc(-c3nc(-c4ccc5ccc(-c6cccc7oc8ccccc8c67)cc5c4)nc(-c4cccc5c4sc4ccccc45)n3)ccc2c1. The van der Waals surface area contributed by atoms with Gasteiger partial charge >= 0.3 is 0 Å². The molecule has 52 heavy (non-hydrogen) atoms. The molecule has 3 aromatic heterocycles. The molecule has 0 aliphatic rings. The molecule has 0 unspecified atom stereocenters. The number of hydrogen-bond donors (Lipinski definition) is 0. The standard InChI is InChI=1S/C47H27N3OS/c1-2-10-30-25-32(23-20-28(30)9-1)45-48-46(50-47(49-45)39-15-7-14-37-36-11-4-6-18-42(36)52-44(37)39)33-24-21-29-19-22-31(26-34(29)27-33)35-13-8-17-41-43(35)38-12-3-5-16-40(38)51-41/h1-27H. The Kier molecular flexibility index (Phi) is 6.39. The second-order valence-electron chi connectivity index (χ2n) is 13.2. The fourth-order valence-electron chi connectivity index (χ4n) is 7.57. The Labute approximate surface area is 302 Å². The van der Waals surface area contributed by atoms with Gasteiger partial charge in [0, 0.05) is 47.6 Å². The molecule has 0 fully saturated rings. The molecule has 0 spiro atoms. The van der Waals surface area contributed by atoms with Gasteiger partial charge in [-0.1, -0.05) is 121 Å². The molecule has 0 atom stereocenters. The second-order valence-corrected chi connectivity index (χ2v) is 14.3. The van der Waals surface area contributed by atoms with Crippen LogP contribution in [-0.2, 0) is 0 Å². The minimum absolute atomic E-state index is 0.640. The predicted octanol–water partition coefficient (Wildman–Crippen LogP) is 13.1. The maximum atomic E-state index is 6.22. The number of aromatic nitrogens is 3. The summed E-state index contributed by atoms with van der Waals surface area (Å²) in [5, 5.41) is 9.30. The van der Waals surface area contributed by atoms with Crippen molar-refractivity contribution in [3.8, 4) is 45.3 Å². The topological polar surface area (TPSA) is 51.8 Å². The van der Waals surface area contributed by atoms with Gasteiger partial charge in [0.1, 0.15) is 11.2 Å². The average Bonchev–Trinajstić information content (AvgIpc) is 3.79. The predicted molar refractivity (Wildman–Crippen MR) is 217 cm³/mol. The molecule has 0 aliphatic carbocycles. The largest absolute Gasteiger partial charge is 0.456 e. The van der Waals surface area contributed by atoms with Gasteiger partial charge in [0.05, 0.1) is 0 Å². The quantitative estimate of drug-likeness (QED) is 0.185. The maximum Gasteiger partial charge on any atom is 0.165 e. The lowest BCUT2D eigenvalue weighted by molar-refractivity contribution is 0.669. The molecule has 11 rings (SSSR count). The third-order valence-corrected chi connectivity index (χ3v) is 11.3. The van der Waals surface area contributed by atoms with Crippen LogP contribution in [0.5, 0.6) is 0 Å². The Balaban J connectivity index is 1.11. The molecule has 11 aromatic rings. The number of para-hydroxylation sites is 1. The van der Waals surface area contributed by atoms with E-state index in [-0.39, 0.29) is 0 Å². The summed E-state index contributed by atoms with van der Waals surface area (Å²) < 4.78 is 8.64. The summed E-state index contributed by atoms with van der Waals surface area (Å²) in [5.41, 5.74) is 6.96. The molecule has 5 heteroatoms. The normalized spacial score (nSPS) is 11.8. The van der Waals surface area contributed by atoms with Crippen LogP contribution in [0.3, 0.4) is 0 Å². The van der Waals surface area contributed by atoms with E-state index in [0.29, 0.717) is 17.5 Å². The van der Waals surface area contributed by atoms with Crippen molar-refractivity contribution in [2.45, 2.75) is 0 Å². The first-order valence-corrected chi connectivity index (χ1v) is 18.2. The minimum atomic E-state index is 0.640. The zero-order chi connectivity index (χ0) is 34.2. The van der Waals surface area contributed by atoms with Crippen molar-refractivity contribution >= 4 is 75.0 Å². The Morgan fingerprint density at radius 3 is 1.81 bits per heavy atom. The van der Waals surface area contributed by atoms with Gasteiger partial charge in [-0.05, 0) is 75.1 Å². The Bertz CT molecular complexity index is 3210. The van der Waals surface area contributed by atoms with Crippen molar-refractivity contribution in [2.75, 3.05) is 0 Å². The number of benzene rings is 8. The minimum Gasteiger partial charge on any atom is -0.456 e. The van der Waals surface area contributed by atoms with Crippen molar-refractivity contribution in [3.63, 3.8) is 0 Å². The van der Waals surface area contributed by atoms with Crippen LogP contribution >= 0.6 is 11.3 Å². The van der Waals surface area contributed by atoms with E-state index >= 15 is 0 Å². The van der Waals surface area contributed by atoms with E-state index in [9.17, 15) is 0 Å². The molecule has 242 valence electrons. The van der Waals surface area contributed by atoms with Crippen LogP contribution in [0.25, 0.3) is 109 Å². The van der Waals surface area contributed by atoms with Crippen LogP contribution in [0.2, 0.25) is 0 Å². The Morgan fingerprint density at radius 1 is 0.385 bits per heavy atom. The molecule has 0 amide bonds. The van der Waals surface area contributed by atoms with Crippen LogP contribution in [0.1, 0.15) is 0 Å². The van der Waals surface area contributed by atoms with Crippen molar-refractivity contribution in [3.05, 3.63) is 164 Å². The number of thiophene rings is 1. The summed E-state index contributed by atoms with van der Waals surface area (Å²) in [6, 6.07) is 57.5. The summed E-state index contributed by atoms with van der Waals surface area (Å²) in [7, 11) is 0. The van der Waals surface area contributed by atoms with Crippen molar-refractivity contribution in [1.82, 2.24) is 15.0 Å². The first-order valence-electron chi connectivity index (χ1n) is 17.3. The molecule has 0 bridgehead atoms. The van der Waals surface area contributed by atoms with Gasteiger partial charge in [-0.25, -0.2) is 15.0 Å². The highest BCUT2D eigenvalue weighted by molar-refractivity contribution is 7.26. The van der Waals surface area contributed by atoms with Gasteiger partial charge in [-0.2, -0.15) is 0 Å². The van der Waals surface area contributed by atoms with Crippen molar-refractivity contribution < 1.29 is 4.42 Å². The lowest BCUT2D eigenvalue weighted by Gasteiger charge is -2.11. The molecule has 0 saturated carbocycles. The summed E-state index contributed by atoms with van der Waals surface area (Å²) in [6.07, 6.45) is 0. The summed E-state index contributed by atoms with van der Waals surface area (Å²) >= 11 is 1.78. The number of fused-ring (bicyclic) bond motifs is 8. The van der Waals surface area contributed by atoms with E-state index in [1.54, 1.807) is 11.3 Å². The molecule has 0 radical (unpaired) electrons. The Morgan fingerprint density at radius 2 is 0.962 bits per heavy atom. The van der Waals surface area contributed by atoms with Gasteiger partial charge in [0.2, 0.25) is 0 Å². The second kappa shape index (κ2) is 11.4. The first-order chi connectivity index (χ1) is 25.7. The van der Waals surface area contributed by atoms with Gasteiger partial charge < -0.3 is 4.42 Å². The third kappa shape index (κ3) is 4.64. The molecular weight excluding hydrogens is 655 g/mol. The van der Waals surface area contributed by atoms with E-state index in [1.807, 2.05) is 18.2 Å². The van der Waals surface area contributed by atoms with Gasteiger partial charge in [-0.15, -0.1) is 11.3 Å². The zero-order valence-corrected chi connectivity index (χ0v) is 28.6. The maximum absolute atomic E-state index is 6.22. The average molecular weight is 682 g/mol. The van der Waals surface area contributed by atoms with E-state index in [1.165, 1.54) is 25.6 Å². The Hall–Kier alpha value is -6.69. The van der Waals surface area contributed by atoms with Crippen LogP contribution in [-0.4, -0.2) is 15.0 Å². The molecule has 4 nitrogen and oxygen atoms in total. The van der Waals surface area contributed by atoms with Crippen LogP contribution < -0.4 is 0 Å². The number of rotatable bonds is 4. The third-order valence-electron chi connectivity index (χ3n) is 10.1. The summed E-state index contributed by atoms with van der Waals surface area (Å²) in [4.78, 5) is 15.5. The monoisotopic (exact) mass is 681 g/mol. The van der Waals surface area contributed by atoms with E-state index in [4.69, 9.17) is 19.4 Å². The zero-order valence-electron chi connectivity index (χ0n) is 27.7. The van der Waals surface area contributed by atoms with Crippen LogP contribution in [0, 0.1) is 0 Å². The van der Waals surface area contributed by atoms with Gasteiger partial charge in [0.25, 0.3) is 0 Å². The lowest BCUT2D eigenvalue weighted by Crippen LogP contribution is -2.00. The number of hydrogen-bond acceptors (Lipinski definition) is 5. The molecular formula is C47H27N3OS. The van der Waals surface area contributed by atoms with Gasteiger partial charge in [0.15, 0.2) is 17.5 Å². The lowest BCUT2D eigenvalue weighted by atomic mass is 9.96. The van der Waals surface area contributed by atoms with Crippen LogP contribution in [0.4, 0.5) is 0 Å². The summed E-state index contributed by atoms with van der Waals surface area (Å²) in [6.45, 7) is 0. The van der Waals surface area contributed by atoms with Crippen molar-refractivity contribution in [1.29, 1.82) is 0 Å². The fourth-order valence-corrected chi connectivity index (χ4v) is 8.79. The number of nitrogens with zero attached hydrogens (tertiary/aromatic N) is 3. The fraction of sp³-hybridized carbons (Fsp3) is 0. The molecule has 0 saturated heterocycles. The highest BCUT2D eigenvalue weighted by atomic mass is 32.1. The highest BCUT2D eigenvalue weighted by Gasteiger charge is 2.18. The number of furan rings is 1. The molecule has 8 aromatic carbocycles. The molecule has 0 N–H and O–H groups in total. The van der Waals surface area contributed by atoms with Crippen molar-refractivity contribution in [2.24, 2.45) is 0 Å². The first kappa shape index (κ1) is 29.1. The van der Waals surface area contributed by atoms with E-state index < -0.39 is 0 Å². The van der Waals surface area contributed by atoms with Gasteiger partial charge in [-0.3, -0.25) is 0 Å².